The first-order valence-corrected chi connectivity index (χ1v) is 7.12. The van der Waals surface area contributed by atoms with E-state index in [0.717, 1.165) is 10.6 Å². The van der Waals surface area contributed by atoms with E-state index in [0.29, 0.717) is 5.69 Å². The van der Waals surface area contributed by atoms with Crippen LogP contribution in [0.5, 0.6) is 0 Å². The van der Waals surface area contributed by atoms with Gasteiger partial charge in [-0.15, -0.1) is 11.3 Å². The van der Waals surface area contributed by atoms with Crippen molar-refractivity contribution >= 4 is 17.2 Å². The first kappa shape index (κ1) is 14.6. The molecule has 0 saturated heterocycles. The standard InChI is InChI=1S/C14H16FN3OS/c1-8(16)14-18-12(7-20-14)13(19)17-9(2)10-3-5-11(15)6-4-10/h3-9H,16H2,1-2H3,(H,17,19)/t8?,9-/m1/s1. The Balaban J connectivity index is 2.04. The van der Waals surface area contributed by atoms with E-state index in [2.05, 4.69) is 10.3 Å². The molecular formula is C14H16FN3OS. The molecule has 106 valence electrons. The second kappa shape index (κ2) is 6.11. The maximum atomic E-state index is 12.8. The molecule has 0 aliphatic carbocycles. The lowest BCUT2D eigenvalue weighted by Crippen LogP contribution is -2.27. The first-order valence-electron chi connectivity index (χ1n) is 6.24. The van der Waals surface area contributed by atoms with Gasteiger partial charge in [0.2, 0.25) is 0 Å². The Morgan fingerprint density at radius 1 is 1.35 bits per heavy atom. The number of benzene rings is 1. The molecule has 20 heavy (non-hydrogen) atoms. The quantitative estimate of drug-likeness (QED) is 0.910. The van der Waals surface area contributed by atoms with Crippen LogP contribution in [-0.4, -0.2) is 10.9 Å². The predicted octanol–water partition coefficient (Wildman–Crippen LogP) is 2.79. The molecule has 0 radical (unpaired) electrons. The fraction of sp³-hybridized carbons (Fsp3) is 0.286. The lowest BCUT2D eigenvalue weighted by molar-refractivity contribution is 0.0935. The summed E-state index contributed by atoms with van der Waals surface area (Å²) in [6, 6.07) is 5.63. The summed E-state index contributed by atoms with van der Waals surface area (Å²) in [4.78, 5) is 16.2. The summed E-state index contributed by atoms with van der Waals surface area (Å²) in [5.41, 5.74) is 6.91. The third-order valence-electron chi connectivity index (χ3n) is 2.86. The van der Waals surface area contributed by atoms with E-state index >= 15 is 0 Å². The number of hydrogen-bond donors (Lipinski definition) is 2. The zero-order valence-corrected chi connectivity index (χ0v) is 12.1. The molecule has 2 rings (SSSR count). The Morgan fingerprint density at radius 2 is 2.00 bits per heavy atom. The van der Waals surface area contributed by atoms with Gasteiger partial charge in [0.1, 0.15) is 16.5 Å². The monoisotopic (exact) mass is 293 g/mol. The highest BCUT2D eigenvalue weighted by Crippen LogP contribution is 2.17. The second-order valence-corrected chi connectivity index (χ2v) is 5.50. The fourth-order valence-electron chi connectivity index (χ4n) is 1.71. The molecule has 0 saturated carbocycles. The second-order valence-electron chi connectivity index (χ2n) is 4.61. The van der Waals surface area contributed by atoms with Gasteiger partial charge in [0.25, 0.3) is 5.91 Å². The van der Waals surface area contributed by atoms with Gasteiger partial charge in [-0.1, -0.05) is 12.1 Å². The van der Waals surface area contributed by atoms with E-state index < -0.39 is 0 Å². The molecule has 1 unspecified atom stereocenters. The van der Waals surface area contributed by atoms with Gasteiger partial charge in [-0.2, -0.15) is 0 Å². The molecule has 0 bridgehead atoms. The number of rotatable bonds is 4. The van der Waals surface area contributed by atoms with Gasteiger partial charge in [-0.3, -0.25) is 4.79 Å². The smallest absolute Gasteiger partial charge is 0.271 e. The molecule has 1 aromatic heterocycles. The normalized spacial score (nSPS) is 13.8. The van der Waals surface area contributed by atoms with E-state index in [1.54, 1.807) is 17.5 Å². The van der Waals surface area contributed by atoms with Crippen LogP contribution in [0.4, 0.5) is 4.39 Å². The lowest BCUT2D eigenvalue weighted by Gasteiger charge is -2.13. The van der Waals surface area contributed by atoms with Crippen LogP contribution in [0.3, 0.4) is 0 Å². The van der Waals surface area contributed by atoms with Crippen LogP contribution in [0.2, 0.25) is 0 Å². The minimum absolute atomic E-state index is 0.184. The molecule has 0 aliphatic rings. The average Bonchev–Trinajstić information content (AvgIpc) is 2.89. The van der Waals surface area contributed by atoms with Crippen molar-refractivity contribution in [3.8, 4) is 0 Å². The number of thiazole rings is 1. The van der Waals surface area contributed by atoms with Crippen molar-refractivity contribution < 1.29 is 9.18 Å². The SMILES string of the molecule is CC(N)c1nc(C(=O)N[C@H](C)c2ccc(F)cc2)cs1. The number of carbonyl (C=O) groups is 1. The Morgan fingerprint density at radius 3 is 2.55 bits per heavy atom. The third-order valence-corrected chi connectivity index (χ3v) is 3.91. The maximum Gasteiger partial charge on any atom is 0.271 e. The van der Waals surface area contributed by atoms with E-state index in [1.165, 1.54) is 23.5 Å². The highest BCUT2D eigenvalue weighted by molar-refractivity contribution is 7.09. The number of aromatic nitrogens is 1. The van der Waals surface area contributed by atoms with Crippen molar-refractivity contribution in [2.75, 3.05) is 0 Å². The van der Waals surface area contributed by atoms with Crippen molar-refractivity contribution in [3.05, 3.63) is 51.7 Å². The number of nitrogens with zero attached hydrogens (tertiary/aromatic N) is 1. The van der Waals surface area contributed by atoms with Crippen molar-refractivity contribution in [1.29, 1.82) is 0 Å². The average molecular weight is 293 g/mol. The van der Waals surface area contributed by atoms with Crippen molar-refractivity contribution in [1.82, 2.24) is 10.3 Å². The molecule has 0 aliphatic heterocycles. The molecule has 0 fully saturated rings. The number of nitrogens with one attached hydrogen (secondary N) is 1. The molecule has 2 atom stereocenters. The molecule has 1 heterocycles. The van der Waals surface area contributed by atoms with Gasteiger partial charge < -0.3 is 11.1 Å². The van der Waals surface area contributed by atoms with Gasteiger partial charge in [-0.05, 0) is 31.5 Å². The minimum Gasteiger partial charge on any atom is -0.344 e. The van der Waals surface area contributed by atoms with Crippen LogP contribution in [0, 0.1) is 5.82 Å². The molecule has 6 heteroatoms. The van der Waals surface area contributed by atoms with Crippen LogP contribution in [0.25, 0.3) is 0 Å². The van der Waals surface area contributed by atoms with Crippen LogP contribution < -0.4 is 11.1 Å². The van der Waals surface area contributed by atoms with Crippen molar-refractivity contribution in [2.24, 2.45) is 5.73 Å². The Kier molecular flexibility index (Phi) is 4.46. The first-order chi connectivity index (χ1) is 9.47. The Bertz CT molecular complexity index is 595. The van der Waals surface area contributed by atoms with Gasteiger partial charge in [0, 0.05) is 5.38 Å². The highest BCUT2D eigenvalue weighted by atomic mass is 32.1. The molecule has 2 aromatic rings. The highest BCUT2D eigenvalue weighted by Gasteiger charge is 2.15. The number of halogens is 1. The lowest BCUT2D eigenvalue weighted by atomic mass is 10.1. The van der Waals surface area contributed by atoms with E-state index in [9.17, 15) is 9.18 Å². The summed E-state index contributed by atoms with van der Waals surface area (Å²) in [7, 11) is 0. The van der Waals surface area contributed by atoms with E-state index in [1.807, 2.05) is 13.8 Å². The van der Waals surface area contributed by atoms with E-state index in [4.69, 9.17) is 5.73 Å². The molecule has 1 amide bonds. The fourth-order valence-corrected chi connectivity index (χ4v) is 2.46. The number of nitrogens with two attached hydrogens (primary N) is 1. The Labute approximate surface area is 120 Å². The topological polar surface area (TPSA) is 68.0 Å². The van der Waals surface area contributed by atoms with Gasteiger partial charge in [0.15, 0.2) is 0 Å². The van der Waals surface area contributed by atoms with Crippen molar-refractivity contribution in [3.63, 3.8) is 0 Å². The summed E-state index contributed by atoms with van der Waals surface area (Å²) in [6.07, 6.45) is 0. The maximum absolute atomic E-state index is 12.8. The third kappa shape index (κ3) is 3.40. The largest absolute Gasteiger partial charge is 0.344 e. The van der Waals surface area contributed by atoms with Crippen LogP contribution >= 0.6 is 11.3 Å². The van der Waals surface area contributed by atoms with Crippen LogP contribution in [0.15, 0.2) is 29.6 Å². The summed E-state index contributed by atoms with van der Waals surface area (Å²) in [6.45, 7) is 3.66. The van der Waals surface area contributed by atoms with Crippen molar-refractivity contribution in [2.45, 2.75) is 25.9 Å². The predicted molar refractivity (Wildman–Crippen MR) is 77.0 cm³/mol. The summed E-state index contributed by atoms with van der Waals surface area (Å²) in [5.74, 6) is -0.557. The van der Waals surface area contributed by atoms with E-state index in [-0.39, 0.29) is 23.8 Å². The molecule has 1 aromatic carbocycles. The van der Waals surface area contributed by atoms with Gasteiger partial charge in [0.05, 0.1) is 12.1 Å². The summed E-state index contributed by atoms with van der Waals surface area (Å²) < 4.78 is 12.8. The van der Waals surface area contributed by atoms with Gasteiger partial charge >= 0.3 is 0 Å². The number of hydrogen-bond acceptors (Lipinski definition) is 4. The van der Waals surface area contributed by atoms with Gasteiger partial charge in [-0.25, -0.2) is 9.37 Å². The number of carbonyl (C=O) groups excluding carboxylic acids is 1. The Hall–Kier alpha value is -1.79. The minimum atomic E-state index is -0.298. The van der Waals surface area contributed by atoms with Crippen LogP contribution in [0.1, 0.15) is 47.0 Å². The molecule has 3 N–H and O–H groups in total. The molecular weight excluding hydrogens is 277 g/mol. The molecule has 4 nitrogen and oxygen atoms in total. The summed E-state index contributed by atoms with van der Waals surface area (Å²) in [5, 5.41) is 5.24. The van der Waals surface area contributed by atoms with Crippen LogP contribution in [-0.2, 0) is 0 Å². The zero-order chi connectivity index (χ0) is 14.7. The summed E-state index contributed by atoms with van der Waals surface area (Å²) >= 11 is 1.36. The number of amides is 1. The molecule has 0 spiro atoms. The zero-order valence-electron chi connectivity index (χ0n) is 11.3.